The molecule has 5 nitrogen and oxygen atoms in total. The van der Waals surface area contributed by atoms with E-state index in [-0.39, 0.29) is 12.0 Å². The summed E-state index contributed by atoms with van der Waals surface area (Å²) in [6, 6.07) is 53.3. The van der Waals surface area contributed by atoms with Crippen molar-refractivity contribution in [2.24, 2.45) is 5.73 Å². The number of benzene rings is 6. The van der Waals surface area contributed by atoms with Crippen molar-refractivity contribution in [1.29, 1.82) is 0 Å². The van der Waals surface area contributed by atoms with Crippen LogP contribution in [0.3, 0.4) is 0 Å². The first-order valence-corrected chi connectivity index (χ1v) is 24.8. The summed E-state index contributed by atoms with van der Waals surface area (Å²) in [4.78, 5) is 0. The number of allylic oxidation sites excluding steroid dienone is 8. The van der Waals surface area contributed by atoms with Gasteiger partial charge >= 0.3 is 0 Å². The number of hydrazine groups is 1. The second kappa shape index (κ2) is 16.7. The van der Waals surface area contributed by atoms with Crippen LogP contribution < -0.4 is 16.2 Å². The minimum Gasteiger partial charge on any atom is -0.318 e. The predicted octanol–water partition coefficient (Wildman–Crippen LogP) is 14.6. The SMILES string of the molecule is CC(N)(/C=C(\NN1c2ccc(C3=Cc4c5c(n(-c6ccc7c(c6)c6cc(C8=CCCC=C8)ccc6n7-c6ccccc6)c4CC3)CCC=C5)cc2C2C=CC=CC21)c1ccccc1)c1ccccc1. The molecule has 0 radical (unpaired) electrons. The molecule has 3 unspecified atom stereocenters. The summed E-state index contributed by atoms with van der Waals surface area (Å²) in [6.07, 6.45) is 31.7. The van der Waals surface area contributed by atoms with Crippen LogP contribution in [0.5, 0.6) is 0 Å². The number of hydrogen-bond donors (Lipinski definition) is 2. The first-order valence-electron chi connectivity index (χ1n) is 24.8. The van der Waals surface area contributed by atoms with Gasteiger partial charge in [-0.05, 0) is 151 Å². The third-order valence-electron chi connectivity index (χ3n) is 15.2. The molecule has 5 heteroatoms. The Kier molecular flexibility index (Phi) is 10.0. The Morgan fingerprint density at radius 3 is 2.17 bits per heavy atom. The zero-order valence-electron chi connectivity index (χ0n) is 39.0. The van der Waals surface area contributed by atoms with E-state index in [9.17, 15) is 0 Å². The van der Waals surface area contributed by atoms with E-state index in [0.717, 1.165) is 55.3 Å². The number of anilines is 1. The van der Waals surface area contributed by atoms with E-state index < -0.39 is 5.54 Å². The summed E-state index contributed by atoms with van der Waals surface area (Å²) in [7, 11) is 0. The maximum atomic E-state index is 7.11. The predicted molar refractivity (Wildman–Crippen MR) is 289 cm³/mol. The molecule has 8 aromatic rings. The summed E-state index contributed by atoms with van der Waals surface area (Å²) in [5.41, 5.74) is 31.8. The summed E-state index contributed by atoms with van der Waals surface area (Å²) < 4.78 is 5.07. The van der Waals surface area contributed by atoms with Crippen LogP contribution in [0, 0.1) is 0 Å². The average molecular weight is 894 g/mol. The van der Waals surface area contributed by atoms with Crippen LogP contribution in [-0.4, -0.2) is 15.2 Å². The highest BCUT2D eigenvalue weighted by molar-refractivity contribution is 6.11. The van der Waals surface area contributed by atoms with Crippen LogP contribution in [0.25, 0.3) is 62.2 Å². The van der Waals surface area contributed by atoms with E-state index in [0.29, 0.717) is 0 Å². The monoisotopic (exact) mass is 893 g/mol. The molecule has 3 atom stereocenters. The van der Waals surface area contributed by atoms with E-state index in [4.69, 9.17) is 5.73 Å². The van der Waals surface area contributed by atoms with Crippen molar-refractivity contribution in [3.63, 3.8) is 0 Å². The fraction of sp³-hybridized carbons (Fsp3) is 0.156. The molecule has 0 saturated heterocycles. The first-order chi connectivity index (χ1) is 34.0. The van der Waals surface area contributed by atoms with Crippen molar-refractivity contribution in [3.05, 3.63) is 251 Å². The molecule has 3 heterocycles. The normalized spacial score (nSPS) is 18.9. The van der Waals surface area contributed by atoms with Gasteiger partial charge in [0.15, 0.2) is 0 Å². The molecule has 3 N–H and O–H groups in total. The molecule has 336 valence electrons. The standard InChI is InChI=1S/C64H55N5/c1-64(65,48-22-10-4-11-23-48)42-57(44-20-8-3-9-21-44)66-69-62-29-17-15-27-52(62)54-40-47(32-36-63(54)69)46-31-35-59-53(39-46)51-26-14-16-28-58(51)68(59)50-33-37-61-56(41-50)55-38-45(43-18-6-2-7-19-43)30-34-60(55)67(61)49-24-12-5-13-25-49/h3-6,8-15,17-27,29-30,32-34,36-42,52,62,66H,2,7,16,28,31,35,65H2,1H3/b57-42-. The van der Waals surface area contributed by atoms with Crippen molar-refractivity contribution in [2.45, 2.75) is 62.9 Å². The summed E-state index contributed by atoms with van der Waals surface area (Å²) in [5.74, 6) is 0.207. The van der Waals surface area contributed by atoms with Crippen LogP contribution in [0.2, 0.25) is 0 Å². The van der Waals surface area contributed by atoms with Crippen LogP contribution in [0.1, 0.15) is 88.9 Å². The summed E-state index contributed by atoms with van der Waals surface area (Å²) >= 11 is 0. The molecule has 0 spiro atoms. The minimum atomic E-state index is -0.697. The molecule has 4 aliphatic carbocycles. The zero-order valence-corrected chi connectivity index (χ0v) is 39.0. The van der Waals surface area contributed by atoms with E-state index in [1.165, 1.54) is 89.2 Å². The van der Waals surface area contributed by atoms with Crippen LogP contribution >= 0.6 is 0 Å². The Bertz CT molecular complexity index is 3550. The zero-order chi connectivity index (χ0) is 46.1. The van der Waals surface area contributed by atoms with Gasteiger partial charge in [-0.3, -0.25) is 10.4 Å². The quantitative estimate of drug-likeness (QED) is 0.152. The number of rotatable bonds is 9. The maximum Gasteiger partial charge on any atom is 0.0791 e. The van der Waals surface area contributed by atoms with Crippen LogP contribution in [0.15, 0.2) is 200 Å². The molecule has 1 aliphatic heterocycles. The molecule has 69 heavy (non-hydrogen) atoms. The van der Waals surface area contributed by atoms with Gasteiger partial charge in [-0.25, -0.2) is 0 Å². The largest absolute Gasteiger partial charge is 0.318 e. The van der Waals surface area contributed by atoms with Gasteiger partial charge in [0.1, 0.15) is 0 Å². The minimum absolute atomic E-state index is 0.109. The van der Waals surface area contributed by atoms with Gasteiger partial charge in [0.05, 0.1) is 34.0 Å². The van der Waals surface area contributed by atoms with Crippen molar-refractivity contribution < 1.29 is 0 Å². The molecule has 2 aromatic heterocycles. The second-order valence-electron chi connectivity index (χ2n) is 19.5. The van der Waals surface area contributed by atoms with Crippen LogP contribution in [0.4, 0.5) is 5.69 Å². The lowest BCUT2D eigenvalue weighted by molar-refractivity contribution is 0.614. The highest BCUT2D eigenvalue weighted by Crippen LogP contribution is 2.47. The van der Waals surface area contributed by atoms with Crippen molar-refractivity contribution >= 4 is 56.5 Å². The summed E-state index contributed by atoms with van der Waals surface area (Å²) in [6.45, 7) is 2.08. The van der Waals surface area contributed by atoms with Crippen molar-refractivity contribution in [2.75, 3.05) is 5.01 Å². The Morgan fingerprint density at radius 1 is 0.638 bits per heavy atom. The molecule has 0 saturated carbocycles. The summed E-state index contributed by atoms with van der Waals surface area (Å²) in [5, 5.41) is 4.94. The average Bonchev–Trinajstić information content (AvgIpc) is 4.03. The first kappa shape index (κ1) is 41.3. The van der Waals surface area contributed by atoms with Crippen molar-refractivity contribution in [3.8, 4) is 11.4 Å². The number of para-hydroxylation sites is 1. The fourth-order valence-corrected chi connectivity index (χ4v) is 11.8. The molecular formula is C64H55N5. The Balaban J connectivity index is 0.889. The van der Waals surface area contributed by atoms with E-state index in [1.807, 2.05) is 6.07 Å². The molecule has 13 rings (SSSR count). The van der Waals surface area contributed by atoms with Gasteiger partial charge in [0.2, 0.25) is 0 Å². The fourth-order valence-electron chi connectivity index (χ4n) is 11.8. The molecule has 5 aliphatic rings. The lowest BCUT2D eigenvalue weighted by Gasteiger charge is -2.32. The molecule has 6 aromatic carbocycles. The molecule has 0 bridgehead atoms. The van der Waals surface area contributed by atoms with E-state index in [2.05, 4.69) is 233 Å². The van der Waals surface area contributed by atoms with Crippen molar-refractivity contribution in [1.82, 2.24) is 14.6 Å². The third kappa shape index (κ3) is 7.11. The smallest absolute Gasteiger partial charge is 0.0791 e. The van der Waals surface area contributed by atoms with Gasteiger partial charge < -0.3 is 14.9 Å². The van der Waals surface area contributed by atoms with E-state index in [1.54, 1.807) is 0 Å². The topological polar surface area (TPSA) is 51.1 Å². The Labute approximate surface area is 404 Å². The lowest BCUT2D eigenvalue weighted by atomic mass is 9.86. The number of hydrogen-bond acceptors (Lipinski definition) is 3. The lowest BCUT2D eigenvalue weighted by Crippen LogP contribution is -2.44. The third-order valence-corrected chi connectivity index (χ3v) is 15.2. The van der Waals surface area contributed by atoms with Gasteiger partial charge in [-0.15, -0.1) is 0 Å². The van der Waals surface area contributed by atoms with Crippen LogP contribution in [-0.2, 0) is 18.4 Å². The van der Waals surface area contributed by atoms with Gasteiger partial charge in [0.25, 0.3) is 0 Å². The van der Waals surface area contributed by atoms with Gasteiger partial charge in [-0.1, -0.05) is 146 Å². The number of nitrogens with two attached hydrogens (primary N) is 1. The van der Waals surface area contributed by atoms with Gasteiger partial charge in [0, 0.05) is 50.6 Å². The Hall–Kier alpha value is -7.86. The molecule has 0 fully saturated rings. The van der Waals surface area contributed by atoms with Gasteiger partial charge in [-0.2, -0.15) is 0 Å². The second-order valence-corrected chi connectivity index (χ2v) is 19.5. The maximum absolute atomic E-state index is 7.11. The highest BCUT2D eigenvalue weighted by atomic mass is 15.5. The number of aromatic nitrogens is 2. The van der Waals surface area contributed by atoms with E-state index >= 15 is 0 Å². The molecular weight excluding hydrogens is 839 g/mol. The number of fused-ring (bicyclic) bond motifs is 9. The number of nitrogens with one attached hydrogen (secondary N) is 1. The Morgan fingerprint density at radius 2 is 1.36 bits per heavy atom. The number of nitrogens with zero attached hydrogens (tertiary/aromatic N) is 3. The molecule has 0 amide bonds. The highest BCUT2D eigenvalue weighted by Gasteiger charge is 2.38.